The first-order chi connectivity index (χ1) is 7.64. The topological polar surface area (TPSA) is 142 Å². The van der Waals surface area contributed by atoms with Gasteiger partial charge in [-0.05, 0) is 0 Å². The molecule has 0 aliphatic carbocycles. The Labute approximate surface area is 99.0 Å². The number of hydrogen-bond donors (Lipinski definition) is 2. The second-order valence-electron chi connectivity index (χ2n) is 2.73. The highest BCUT2D eigenvalue weighted by atomic mass is 32.2. The summed E-state index contributed by atoms with van der Waals surface area (Å²) in [7, 11) is -7.05. The molecule has 0 amide bonds. The predicted molar refractivity (Wildman–Crippen MR) is 62.7 cm³/mol. The zero-order chi connectivity index (χ0) is 13.5. The van der Waals surface area contributed by atoms with Gasteiger partial charge in [0.2, 0.25) is 10.0 Å². The van der Waals surface area contributed by atoms with Crippen molar-refractivity contribution in [3.63, 3.8) is 0 Å². The van der Waals surface area contributed by atoms with E-state index in [0.29, 0.717) is 0 Å². The van der Waals surface area contributed by atoms with Crippen LogP contribution in [0.5, 0.6) is 0 Å². The van der Waals surface area contributed by atoms with Crippen molar-refractivity contribution in [3.05, 3.63) is 0 Å². The maximum atomic E-state index is 10.8. The van der Waals surface area contributed by atoms with Crippen LogP contribution in [0.2, 0.25) is 0 Å². The number of azo groups is 1. The van der Waals surface area contributed by atoms with Gasteiger partial charge in [0.05, 0.1) is 12.5 Å². The predicted octanol–water partition coefficient (Wildman–Crippen LogP) is -1.53. The molecule has 0 rings (SSSR count). The molecule has 0 atom stereocenters. The molecule has 0 aromatic heterocycles. The average Bonchev–Trinajstić information content (AvgIpc) is 2.08. The summed E-state index contributed by atoms with van der Waals surface area (Å²) in [6.07, 6.45) is 1.79. The van der Waals surface area contributed by atoms with Gasteiger partial charge in [-0.25, -0.2) is 22.3 Å². The van der Waals surface area contributed by atoms with Gasteiger partial charge in [0.25, 0.3) is 16.0 Å². The number of hydrogen-bond acceptors (Lipinski definition) is 6. The molecule has 0 spiro atoms. The lowest BCUT2D eigenvalue weighted by Crippen LogP contribution is -2.22. The van der Waals surface area contributed by atoms with Gasteiger partial charge >= 0.3 is 0 Å². The van der Waals surface area contributed by atoms with Crippen molar-refractivity contribution in [2.45, 2.75) is 0 Å². The highest BCUT2D eigenvalue weighted by molar-refractivity contribution is 7.89. The fraction of sp³-hybridized carbons (Fsp3) is 0.600. The summed E-state index contributed by atoms with van der Waals surface area (Å²) in [6, 6.07) is 0. The van der Waals surface area contributed by atoms with Gasteiger partial charge in [0.1, 0.15) is 6.67 Å². The fourth-order valence-electron chi connectivity index (χ4n) is 0.537. The van der Waals surface area contributed by atoms with Crippen LogP contribution in [0.3, 0.4) is 0 Å². The van der Waals surface area contributed by atoms with Crippen molar-refractivity contribution in [2.24, 2.45) is 19.7 Å². The highest BCUT2D eigenvalue weighted by Gasteiger charge is 2.02. The molecule has 0 saturated carbocycles. The van der Waals surface area contributed by atoms with Gasteiger partial charge in [-0.3, -0.25) is 0 Å². The normalized spacial score (nSPS) is 13.9. The third-order valence-electron chi connectivity index (χ3n) is 0.994. The molecular formula is C5H12N6O4S2. The minimum atomic E-state index is -3.67. The molecule has 0 unspecified atom stereocenters. The molecule has 98 valence electrons. The van der Waals surface area contributed by atoms with Gasteiger partial charge in [0, 0.05) is 6.72 Å². The van der Waals surface area contributed by atoms with E-state index in [4.69, 9.17) is 0 Å². The lowest BCUT2D eigenvalue weighted by molar-refractivity contribution is 0.587. The third kappa shape index (κ3) is 10.9. The molecule has 0 aliphatic heterocycles. The van der Waals surface area contributed by atoms with Crippen LogP contribution in [0.1, 0.15) is 0 Å². The van der Waals surface area contributed by atoms with Crippen LogP contribution < -0.4 is 10.1 Å². The molecule has 0 saturated heterocycles. The second-order valence-corrected chi connectivity index (χ2v) is 6.22. The fourth-order valence-corrected chi connectivity index (χ4v) is 1.22. The summed E-state index contributed by atoms with van der Waals surface area (Å²) in [5.74, 6) is -0.419. The summed E-state index contributed by atoms with van der Waals surface area (Å²) >= 11 is 0. The van der Waals surface area contributed by atoms with Crippen LogP contribution in [0.4, 0.5) is 0 Å². The smallest absolute Gasteiger partial charge is 0.244 e. The molecule has 0 fully saturated rings. The first-order valence-corrected chi connectivity index (χ1v) is 7.72. The first-order valence-electron chi connectivity index (χ1n) is 3.98. The van der Waals surface area contributed by atoms with E-state index >= 15 is 0 Å². The lowest BCUT2D eigenvalue weighted by atomic mass is 11.1. The first kappa shape index (κ1) is 15.6. The maximum Gasteiger partial charge on any atom is 0.273 e. The van der Waals surface area contributed by atoms with Crippen LogP contribution in [0, 0.1) is 0 Å². The molecule has 0 radical (unpaired) electrons. The molecule has 0 heterocycles. The van der Waals surface area contributed by atoms with Crippen LogP contribution in [-0.4, -0.2) is 48.7 Å². The summed E-state index contributed by atoms with van der Waals surface area (Å²) in [4.78, 5) is 0. The number of sulfonamides is 2. The third-order valence-corrected chi connectivity index (χ3v) is 2.15. The largest absolute Gasteiger partial charge is 0.273 e. The number of rotatable bonds is 5. The molecular weight excluding hydrogens is 272 g/mol. The van der Waals surface area contributed by atoms with Gasteiger partial charge in [-0.15, -0.1) is 9.51 Å². The van der Waals surface area contributed by atoms with Crippen LogP contribution in [-0.2, 0) is 20.0 Å². The zero-order valence-electron chi connectivity index (χ0n) is 9.15. The van der Waals surface area contributed by atoms with E-state index in [9.17, 15) is 16.8 Å². The van der Waals surface area contributed by atoms with E-state index in [1.807, 2.05) is 4.72 Å². The molecule has 17 heavy (non-hydrogen) atoms. The minimum Gasteiger partial charge on any atom is -0.244 e. The number of nitrogens with one attached hydrogen (secondary N) is 2. The Bertz CT molecular complexity index is 519. The molecule has 0 bridgehead atoms. The van der Waals surface area contributed by atoms with Crippen LogP contribution >= 0.6 is 0 Å². The monoisotopic (exact) mass is 284 g/mol. The van der Waals surface area contributed by atoms with Crippen LogP contribution in [0.25, 0.3) is 0 Å². The molecule has 0 aromatic rings. The quantitative estimate of drug-likeness (QED) is 0.272. The van der Waals surface area contributed by atoms with E-state index in [2.05, 4.69) is 31.9 Å². The Hall–Kier alpha value is -1.40. The standard InChI is InChI=1S/C5H12N6O4S2/c1-6-9-5(11-17(3,14)15)10-7-4-8-16(2,12)13/h8H,1,4H2,2-3H3,(H,9,11). The molecule has 12 heteroatoms. The average molecular weight is 284 g/mol. The Kier molecular flexibility index (Phi) is 5.84. The summed E-state index contributed by atoms with van der Waals surface area (Å²) in [6.45, 7) is 2.70. The van der Waals surface area contributed by atoms with Crippen molar-refractivity contribution in [2.75, 3.05) is 19.2 Å². The molecule has 2 N–H and O–H groups in total. The van der Waals surface area contributed by atoms with E-state index < -0.39 is 26.0 Å². The SMILES string of the molecule is C=NNC(N=NCNS(C)(=O)=O)=NS(C)(=O)=O. The molecule has 10 nitrogen and oxygen atoms in total. The van der Waals surface area contributed by atoms with Gasteiger partial charge < -0.3 is 0 Å². The van der Waals surface area contributed by atoms with Crippen molar-refractivity contribution >= 4 is 32.7 Å². The van der Waals surface area contributed by atoms with Gasteiger partial charge in [-0.2, -0.15) is 14.9 Å². The summed E-state index contributed by atoms with van der Waals surface area (Å²) in [5, 5.41) is 9.83. The van der Waals surface area contributed by atoms with E-state index in [0.717, 1.165) is 12.5 Å². The molecule has 0 aliphatic rings. The number of guanidine groups is 1. The number of hydrazone groups is 1. The van der Waals surface area contributed by atoms with E-state index in [1.165, 1.54) is 0 Å². The Morgan fingerprint density at radius 3 is 2.24 bits per heavy atom. The van der Waals surface area contributed by atoms with Crippen LogP contribution in [0.15, 0.2) is 19.7 Å². The maximum absolute atomic E-state index is 10.8. The van der Waals surface area contributed by atoms with Crippen molar-refractivity contribution < 1.29 is 16.8 Å². The van der Waals surface area contributed by atoms with Gasteiger partial charge in [0.15, 0.2) is 0 Å². The summed E-state index contributed by atoms with van der Waals surface area (Å²) in [5.41, 5.74) is 2.08. The van der Waals surface area contributed by atoms with Gasteiger partial charge in [-0.1, -0.05) is 0 Å². The lowest BCUT2D eigenvalue weighted by Gasteiger charge is -1.97. The Balaban J connectivity index is 4.63. The van der Waals surface area contributed by atoms with Crippen molar-refractivity contribution in [3.8, 4) is 0 Å². The molecule has 0 aromatic carbocycles. The van der Waals surface area contributed by atoms with E-state index in [1.54, 1.807) is 0 Å². The van der Waals surface area contributed by atoms with Crippen molar-refractivity contribution in [1.29, 1.82) is 0 Å². The highest BCUT2D eigenvalue weighted by Crippen LogP contribution is 1.88. The Morgan fingerprint density at radius 1 is 1.24 bits per heavy atom. The Morgan fingerprint density at radius 2 is 1.82 bits per heavy atom. The second kappa shape index (κ2) is 6.36. The number of nitrogens with zero attached hydrogens (tertiary/aromatic N) is 4. The zero-order valence-corrected chi connectivity index (χ0v) is 10.8. The summed E-state index contributed by atoms with van der Waals surface area (Å²) < 4.78 is 48.1. The minimum absolute atomic E-state index is 0.347. The van der Waals surface area contributed by atoms with Crippen molar-refractivity contribution in [1.82, 2.24) is 10.1 Å². The van der Waals surface area contributed by atoms with E-state index in [-0.39, 0.29) is 6.67 Å².